The van der Waals surface area contributed by atoms with Gasteiger partial charge in [0.25, 0.3) is 5.91 Å². The minimum Gasteiger partial charge on any atom is -0.496 e. The van der Waals surface area contributed by atoms with Gasteiger partial charge in [-0.05, 0) is 38.0 Å². The summed E-state index contributed by atoms with van der Waals surface area (Å²) >= 11 is 5.88. The molecule has 1 aliphatic carbocycles. The Balaban J connectivity index is 1.97. The Kier molecular flexibility index (Phi) is 5.66. The molecular formula is C16H21ClN2O3. The number of rotatable bonds is 5. The smallest absolute Gasteiger partial charge is 0.255 e. The lowest BCUT2D eigenvalue weighted by Crippen LogP contribution is -2.47. The molecule has 2 amide bonds. The minimum absolute atomic E-state index is 0.159. The maximum absolute atomic E-state index is 12.3. The van der Waals surface area contributed by atoms with Crippen molar-refractivity contribution in [2.75, 3.05) is 7.11 Å². The van der Waals surface area contributed by atoms with Crippen molar-refractivity contribution in [3.05, 3.63) is 28.8 Å². The molecule has 2 N–H and O–H groups in total. The van der Waals surface area contributed by atoms with Crippen molar-refractivity contribution >= 4 is 23.4 Å². The fourth-order valence-electron chi connectivity index (χ4n) is 2.59. The molecule has 1 aromatic carbocycles. The second-order valence-corrected chi connectivity index (χ2v) is 5.97. The number of hydrogen-bond donors (Lipinski definition) is 2. The van der Waals surface area contributed by atoms with Crippen LogP contribution in [0, 0.1) is 0 Å². The van der Waals surface area contributed by atoms with E-state index in [4.69, 9.17) is 16.3 Å². The molecule has 6 heteroatoms. The summed E-state index contributed by atoms with van der Waals surface area (Å²) in [6, 6.07) is 4.39. The Morgan fingerprint density at radius 3 is 2.64 bits per heavy atom. The van der Waals surface area contributed by atoms with E-state index in [9.17, 15) is 9.59 Å². The van der Waals surface area contributed by atoms with Crippen LogP contribution >= 0.6 is 11.6 Å². The van der Waals surface area contributed by atoms with Crippen LogP contribution in [0.1, 0.15) is 43.0 Å². The van der Waals surface area contributed by atoms with Gasteiger partial charge < -0.3 is 15.4 Å². The third-order valence-corrected chi connectivity index (χ3v) is 4.09. The third kappa shape index (κ3) is 4.13. The largest absolute Gasteiger partial charge is 0.496 e. The van der Waals surface area contributed by atoms with Crippen molar-refractivity contribution in [3.63, 3.8) is 0 Å². The summed E-state index contributed by atoms with van der Waals surface area (Å²) in [5.41, 5.74) is 0.354. The van der Waals surface area contributed by atoms with Crippen molar-refractivity contribution in [1.82, 2.24) is 10.6 Å². The van der Waals surface area contributed by atoms with Gasteiger partial charge in [-0.2, -0.15) is 0 Å². The number of benzene rings is 1. The molecule has 0 aliphatic heterocycles. The first-order valence-corrected chi connectivity index (χ1v) is 7.84. The quantitative estimate of drug-likeness (QED) is 0.874. The van der Waals surface area contributed by atoms with Gasteiger partial charge in [-0.1, -0.05) is 24.4 Å². The summed E-state index contributed by atoms with van der Waals surface area (Å²) in [5.74, 6) is -0.135. The van der Waals surface area contributed by atoms with Crippen molar-refractivity contribution in [1.29, 1.82) is 0 Å². The molecule has 1 atom stereocenters. The van der Waals surface area contributed by atoms with E-state index < -0.39 is 6.04 Å². The van der Waals surface area contributed by atoms with Crippen LogP contribution in [0.15, 0.2) is 18.2 Å². The maximum Gasteiger partial charge on any atom is 0.255 e. The Labute approximate surface area is 135 Å². The normalized spacial score (nSPS) is 16.1. The van der Waals surface area contributed by atoms with Gasteiger partial charge in [0, 0.05) is 11.1 Å². The second kappa shape index (κ2) is 7.49. The summed E-state index contributed by atoms with van der Waals surface area (Å²) in [5, 5.41) is 6.14. The van der Waals surface area contributed by atoms with Crippen molar-refractivity contribution < 1.29 is 14.3 Å². The van der Waals surface area contributed by atoms with Gasteiger partial charge in [-0.3, -0.25) is 9.59 Å². The van der Waals surface area contributed by atoms with Crippen LogP contribution in [0.4, 0.5) is 0 Å². The van der Waals surface area contributed by atoms with E-state index in [1.54, 1.807) is 25.1 Å². The third-order valence-electron chi connectivity index (χ3n) is 3.85. The first-order chi connectivity index (χ1) is 10.5. The van der Waals surface area contributed by atoms with E-state index in [0.29, 0.717) is 16.3 Å². The zero-order valence-corrected chi connectivity index (χ0v) is 13.6. The first-order valence-electron chi connectivity index (χ1n) is 7.46. The molecule has 5 nitrogen and oxygen atoms in total. The molecule has 1 aliphatic rings. The van der Waals surface area contributed by atoms with Gasteiger partial charge in [-0.15, -0.1) is 0 Å². The van der Waals surface area contributed by atoms with Crippen molar-refractivity contribution in [2.45, 2.75) is 44.7 Å². The molecule has 0 bridgehead atoms. The second-order valence-electron chi connectivity index (χ2n) is 5.53. The average Bonchev–Trinajstić information content (AvgIpc) is 2.99. The SMILES string of the molecule is COc1cc(Cl)ccc1C(=O)N[C@@H](C)C(=O)NC1CCCC1. The van der Waals surface area contributed by atoms with Crippen LogP contribution in [0.5, 0.6) is 5.75 Å². The molecule has 0 unspecified atom stereocenters. The van der Waals surface area contributed by atoms with Gasteiger partial charge in [-0.25, -0.2) is 0 Å². The summed E-state index contributed by atoms with van der Waals surface area (Å²) < 4.78 is 5.15. The van der Waals surface area contributed by atoms with E-state index in [1.165, 1.54) is 7.11 Å². The molecule has 1 saturated carbocycles. The Morgan fingerprint density at radius 2 is 2.00 bits per heavy atom. The molecule has 1 fully saturated rings. The first kappa shape index (κ1) is 16.6. The lowest BCUT2D eigenvalue weighted by molar-refractivity contribution is -0.123. The number of carbonyl (C=O) groups excluding carboxylic acids is 2. The maximum atomic E-state index is 12.3. The molecule has 0 heterocycles. The van der Waals surface area contributed by atoms with Crippen molar-refractivity contribution in [3.8, 4) is 5.75 Å². The topological polar surface area (TPSA) is 67.4 Å². The highest BCUT2D eigenvalue weighted by molar-refractivity contribution is 6.30. The van der Waals surface area contributed by atoms with Crippen LogP contribution in [-0.2, 0) is 4.79 Å². The van der Waals surface area contributed by atoms with Crippen LogP contribution in [-0.4, -0.2) is 31.0 Å². The van der Waals surface area contributed by atoms with Crippen molar-refractivity contribution in [2.24, 2.45) is 0 Å². The molecule has 22 heavy (non-hydrogen) atoms. The van der Waals surface area contributed by atoms with E-state index in [0.717, 1.165) is 25.7 Å². The van der Waals surface area contributed by atoms with Gasteiger partial charge in [0.05, 0.1) is 12.7 Å². The van der Waals surface area contributed by atoms with Crippen LogP contribution in [0.3, 0.4) is 0 Å². The van der Waals surface area contributed by atoms with Gasteiger partial charge in [0.15, 0.2) is 0 Å². The average molecular weight is 325 g/mol. The summed E-state index contributed by atoms with van der Waals surface area (Å²) in [6.07, 6.45) is 4.32. The van der Waals surface area contributed by atoms with Gasteiger partial charge >= 0.3 is 0 Å². The molecule has 0 saturated heterocycles. The van der Waals surface area contributed by atoms with Crippen LogP contribution < -0.4 is 15.4 Å². The van der Waals surface area contributed by atoms with Gasteiger partial charge in [0.2, 0.25) is 5.91 Å². The monoisotopic (exact) mass is 324 g/mol. The highest BCUT2D eigenvalue weighted by atomic mass is 35.5. The molecule has 2 rings (SSSR count). The fourth-order valence-corrected chi connectivity index (χ4v) is 2.75. The standard InChI is InChI=1S/C16H21ClN2O3/c1-10(15(20)19-12-5-3-4-6-12)18-16(21)13-8-7-11(17)9-14(13)22-2/h7-10,12H,3-6H2,1-2H3,(H,18,21)(H,19,20)/t10-/m0/s1. The van der Waals surface area contributed by atoms with Crippen LogP contribution in [0.2, 0.25) is 5.02 Å². The van der Waals surface area contributed by atoms with Crippen LogP contribution in [0.25, 0.3) is 0 Å². The van der Waals surface area contributed by atoms with E-state index in [2.05, 4.69) is 10.6 Å². The Morgan fingerprint density at radius 1 is 1.32 bits per heavy atom. The number of amides is 2. The number of hydrogen-bond acceptors (Lipinski definition) is 3. The molecule has 120 valence electrons. The molecule has 0 radical (unpaired) electrons. The number of halogens is 1. The minimum atomic E-state index is -0.603. The Hall–Kier alpha value is -1.75. The zero-order valence-electron chi connectivity index (χ0n) is 12.8. The zero-order chi connectivity index (χ0) is 16.1. The number of carbonyl (C=O) groups is 2. The van der Waals surface area contributed by atoms with Gasteiger partial charge in [0.1, 0.15) is 11.8 Å². The predicted octanol–water partition coefficient (Wildman–Crippen LogP) is 2.53. The predicted molar refractivity (Wildman–Crippen MR) is 85.3 cm³/mol. The highest BCUT2D eigenvalue weighted by Gasteiger charge is 2.23. The lowest BCUT2D eigenvalue weighted by Gasteiger charge is -2.18. The molecule has 1 aromatic rings. The highest BCUT2D eigenvalue weighted by Crippen LogP contribution is 2.23. The molecule has 0 aromatic heterocycles. The van der Waals surface area contributed by atoms with E-state index in [1.807, 2.05) is 0 Å². The van der Waals surface area contributed by atoms with E-state index in [-0.39, 0.29) is 17.9 Å². The van der Waals surface area contributed by atoms with E-state index >= 15 is 0 Å². The summed E-state index contributed by atoms with van der Waals surface area (Å²) in [4.78, 5) is 24.4. The molecule has 0 spiro atoms. The number of methoxy groups -OCH3 is 1. The number of nitrogens with one attached hydrogen (secondary N) is 2. The Bertz CT molecular complexity index is 556. The summed E-state index contributed by atoms with van der Waals surface area (Å²) in [7, 11) is 1.47. The summed E-state index contributed by atoms with van der Waals surface area (Å²) in [6.45, 7) is 1.67. The lowest BCUT2D eigenvalue weighted by atomic mass is 10.1. The molecular weight excluding hydrogens is 304 g/mol. The number of ether oxygens (including phenoxy) is 1. The fraction of sp³-hybridized carbons (Fsp3) is 0.500.